The predicted octanol–water partition coefficient (Wildman–Crippen LogP) is 1.20. The molecule has 2 saturated carbocycles. The highest BCUT2D eigenvalue weighted by Crippen LogP contribution is 2.44. The summed E-state index contributed by atoms with van der Waals surface area (Å²) < 4.78 is 0. The summed E-state index contributed by atoms with van der Waals surface area (Å²) in [4.78, 5) is 23.1. The number of hydrogen-bond acceptors (Lipinski definition) is 3. The van der Waals surface area contributed by atoms with Gasteiger partial charge in [0, 0.05) is 12.8 Å². The molecule has 0 heterocycles. The highest BCUT2D eigenvalue weighted by atomic mass is 16.2. The Balaban J connectivity index is 2.14. The number of carbonyl (C=O) groups excluding carboxylic acids is 2. The minimum absolute atomic E-state index is 0.00227. The molecule has 3 heteroatoms. The van der Waals surface area contributed by atoms with E-state index in [9.17, 15) is 9.59 Å². The lowest BCUT2D eigenvalue weighted by Gasteiger charge is -2.40. The highest BCUT2D eigenvalue weighted by Gasteiger charge is 2.43. The van der Waals surface area contributed by atoms with Crippen molar-refractivity contribution in [1.29, 1.82) is 0 Å². The second kappa shape index (κ2) is 3.46. The molecule has 0 amide bonds. The van der Waals surface area contributed by atoms with Crippen LogP contribution in [0.5, 0.6) is 0 Å². The predicted molar refractivity (Wildman–Crippen MR) is 52.7 cm³/mol. The highest BCUT2D eigenvalue weighted by molar-refractivity contribution is 6.08. The fraction of sp³-hybridized carbons (Fsp3) is 0.818. The van der Waals surface area contributed by atoms with Gasteiger partial charge in [0.2, 0.25) is 0 Å². The molecule has 2 rings (SSSR count). The zero-order chi connectivity index (χ0) is 10.2. The molecule has 0 atom stereocenters. The fourth-order valence-corrected chi connectivity index (χ4v) is 2.86. The molecule has 0 bridgehead atoms. The summed E-state index contributed by atoms with van der Waals surface area (Å²) in [5.41, 5.74) is 5.51. The maximum absolute atomic E-state index is 11.5. The summed E-state index contributed by atoms with van der Waals surface area (Å²) in [7, 11) is 0. The van der Waals surface area contributed by atoms with Crippen LogP contribution in [0.3, 0.4) is 0 Å². The molecule has 0 radical (unpaired) electrons. The van der Waals surface area contributed by atoms with Gasteiger partial charge >= 0.3 is 0 Å². The molecule has 1 spiro atoms. The van der Waals surface area contributed by atoms with Crippen molar-refractivity contribution in [3.8, 4) is 0 Å². The van der Waals surface area contributed by atoms with Gasteiger partial charge in [0.25, 0.3) is 0 Å². The second-order valence-corrected chi connectivity index (χ2v) is 4.82. The van der Waals surface area contributed by atoms with E-state index < -0.39 is 6.04 Å². The second-order valence-electron chi connectivity index (χ2n) is 4.82. The monoisotopic (exact) mass is 195 g/mol. The van der Waals surface area contributed by atoms with E-state index in [1.807, 2.05) is 0 Å². The standard InChI is InChI=1S/C11H17NO2/c12-10-8(13)6-11(7-9(10)14)4-2-1-3-5-11/h10H,1-7,12H2. The molecule has 0 aliphatic heterocycles. The van der Waals surface area contributed by atoms with E-state index in [0.717, 1.165) is 25.7 Å². The van der Waals surface area contributed by atoms with Crippen LogP contribution in [0, 0.1) is 5.41 Å². The Morgan fingerprint density at radius 3 is 2.00 bits per heavy atom. The zero-order valence-electron chi connectivity index (χ0n) is 8.42. The van der Waals surface area contributed by atoms with Crippen LogP contribution in [0.4, 0.5) is 0 Å². The minimum atomic E-state index is -0.817. The number of Topliss-reactive ketones (excluding diaryl/α,β-unsaturated/α-hetero) is 2. The summed E-state index contributed by atoms with van der Waals surface area (Å²) in [6, 6.07) is -0.817. The molecule has 78 valence electrons. The molecule has 0 unspecified atom stereocenters. The van der Waals surface area contributed by atoms with Crippen LogP contribution in [0.15, 0.2) is 0 Å². The maximum Gasteiger partial charge on any atom is 0.157 e. The number of ketones is 2. The summed E-state index contributed by atoms with van der Waals surface area (Å²) >= 11 is 0. The van der Waals surface area contributed by atoms with Gasteiger partial charge in [-0.1, -0.05) is 19.3 Å². The van der Waals surface area contributed by atoms with Crippen LogP contribution in [-0.2, 0) is 9.59 Å². The topological polar surface area (TPSA) is 60.2 Å². The van der Waals surface area contributed by atoms with E-state index in [-0.39, 0.29) is 17.0 Å². The van der Waals surface area contributed by atoms with Gasteiger partial charge in [-0.05, 0) is 18.3 Å². The number of carbonyl (C=O) groups is 2. The maximum atomic E-state index is 11.5. The molecular formula is C11H17NO2. The van der Waals surface area contributed by atoms with Crippen molar-refractivity contribution in [2.24, 2.45) is 11.1 Å². The van der Waals surface area contributed by atoms with Gasteiger partial charge in [0.05, 0.1) is 0 Å². The van der Waals surface area contributed by atoms with Gasteiger partial charge in [-0.15, -0.1) is 0 Å². The normalized spacial score (nSPS) is 28.4. The molecule has 2 aliphatic carbocycles. The molecule has 0 saturated heterocycles. The Labute approximate surface area is 84.0 Å². The van der Waals surface area contributed by atoms with E-state index >= 15 is 0 Å². The van der Waals surface area contributed by atoms with Crippen LogP contribution in [0.2, 0.25) is 0 Å². The lowest BCUT2D eigenvalue weighted by Crippen LogP contribution is -2.49. The summed E-state index contributed by atoms with van der Waals surface area (Å²) in [5, 5.41) is 0. The molecule has 2 N–H and O–H groups in total. The summed E-state index contributed by atoms with van der Waals surface area (Å²) in [5.74, 6) is -0.0775. The summed E-state index contributed by atoms with van der Waals surface area (Å²) in [6.45, 7) is 0. The molecule has 2 aliphatic rings. The molecule has 3 nitrogen and oxygen atoms in total. The minimum Gasteiger partial charge on any atom is -0.315 e. The first-order valence-electron chi connectivity index (χ1n) is 5.44. The van der Waals surface area contributed by atoms with Crippen molar-refractivity contribution in [3.05, 3.63) is 0 Å². The number of hydrogen-bond donors (Lipinski definition) is 1. The first kappa shape index (κ1) is 9.84. The number of rotatable bonds is 0. The Bertz CT molecular complexity index is 246. The van der Waals surface area contributed by atoms with Gasteiger partial charge in [0.15, 0.2) is 11.6 Å². The van der Waals surface area contributed by atoms with Gasteiger partial charge in [-0.2, -0.15) is 0 Å². The van der Waals surface area contributed by atoms with Gasteiger partial charge < -0.3 is 5.73 Å². The van der Waals surface area contributed by atoms with E-state index in [1.54, 1.807) is 0 Å². The first-order chi connectivity index (χ1) is 6.63. The van der Waals surface area contributed by atoms with Crippen LogP contribution in [0.1, 0.15) is 44.9 Å². The van der Waals surface area contributed by atoms with Crippen molar-refractivity contribution in [2.75, 3.05) is 0 Å². The molecule has 0 aromatic carbocycles. The van der Waals surface area contributed by atoms with Gasteiger partial charge in [-0.25, -0.2) is 0 Å². The SMILES string of the molecule is NC1C(=O)CC2(CCCCC2)CC1=O. The van der Waals surface area contributed by atoms with E-state index in [0.29, 0.717) is 12.8 Å². The smallest absolute Gasteiger partial charge is 0.157 e. The van der Waals surface area contributed by atoms with Crippen LogP contribution < -0.4 is 5.73 Å². The molecule has 2 fully saturated rings. The largest absolute Gasteiger partial charge is 0.315 e. The first-order valence-corrected chi connectivity index (χ1v) is 5.44. The Hall–Kier alpha value is -0.700. The van der Waals surface area contributed by atoms with Crippen LogP contribution >= 0.6 is 0 Å². The van der Waals surface area contributed by atoms with E-state index in [4.69, 9.17) is 5.73 Å². The van der Waals surface area contributed by atoms with Crippen molar-refractivity contribution in [1.82, 2.24) is 0 Å². The molecule has 0 aromatic heterocycles. The molecule has 0 aromatic rings. The Kier molecular flexibility index (Phi) is 2.43. The van der Waals surface area contributed by atoms with Crippen molar-refractivity contribution in [3.63, 3.8) is 0 Å². The van der Waals surface area contributed by atoms with E-state index in [2.05, 4.69) is 0 Å². The van der Waals surface area contributed by atoms with Crippen molar-refractivity contribution in [2.45, 2.75) is 51.0 Å². The quantitative estimate of drug-likeness (QED) is 0.591. The average molecular weight is 195 g/mol. The number of nitrogens with two attached hydrogens (primary N) is 1. The third-order valence-corrected chi connectivity index (χ3v) is 3.71. The van der Waals surface area contributed by atoms with Gasteiger partial charge in [-0.3, -0.25) is 9.59 Å². The summed E-state index contributed by atoms with van der Waals surface area (Å²) in [6.07, 6.45) is 6.73. The third kappa shape index (κ3) is 1.61. The lowest BCUT2D eigenvalue weighted by molar-refractivity contribution is -0.137. The van der Waals surface area contributed by atoms with Crippen LogP contribution in [0.25, 0.3) is 0 Å². The van der Waals surface area contributed by atoms with Gasteiger partial charge in [0.1, 0.15) is 6.04 Å². The molecular weight excluding hydrogens is 178 g/mol. The molecule has 14 heavy (non-hydrogen) atoms. The third-order valence-electron chi connectivity index (χ3n) is 3.71. The van der Waals surface area contributed by atoms with Crippen molar-refractivity contribution < 1.29 is 9.59 Å². The lowest BCUT2D eigenvalue weighted by atomic mass is 9.64. The average Bonchev–Trinajstić information content (AvgIpc) is 2.15. The van der Waals surface area contributed by atoms with Crippen LogP contribution in [-0.4, -0.2) is 17.6 Å². The Morgan fingerprint density at radius 1 is 1.00 bits per heavy atom. The zero-order valence-corrected chi connectivity index (χ0v) is 8.42. The van der Waals surface area contributed by atoms with E-state index in [1.165, 1.54) is 6.42 Å². The fourth-order valence-electron chi connectivity index (χ4n) is 2.86. The van der Waals surface area contributed by atoms with Crippen molar-refractivity contribution >= 4 is 11.6 Å². The Morgan fingerprint density at radius 2 is 1.50 bits per heavy atom.